The van der Waals surface area contributed by atoms with Crippen LogP contribution in [-0.4, -0.2) is 38.7 Å². The number of amides is 1. The first-order valence-electron chi connectivity index (χ1n) is 10.9. The SMILES string of the molecule is CS(=O)(=O)c1ccccc1COc1cccc(NC(=O)C2CCN(c3ccncc3)CC2)c1. The van der Waals surface area contributed by atoms with Crippen molar-refractivity contribution in [2.24, 2.45) is 5.92 Å². The zero-order valence-electron chi connectivity index (χ0n) is 18.5. The molecule has 0 bridgehead atoms. The molecule has 0 radical (unpaired) electrons. The summed E-state index contributed by atoms with van der Waals surface area (Å²) in [5.74, 6) is 0.516. The van der Waals surface area contributed by atoms with E-state index < -0.39 is 9.84 Å². The molecule has 4 rings (SSSR count). The number of hydrogen-bond acceptors (Lipinski definition) is 6. The Morgan fingerprint density at radius 2 is 1.79 bits per heavy atom. The number of rotatable bonds is 7. The highest BCUT2D eigenvalue weighted by Crippen LogP contribution is 2.25. The summed E-state index contributed by atoms with van der Waals surface area (Å²) in [5.41, 5.74) is 2.38. The number of benzene rings is 2. The molecule has 172 valence electrons. The summed E-state index contributed by atoms with van der Waals surface area (Å²) in [6.07, 6.45) is 6.31. The quantitative estimate of drug-likeness (QED) is 0.569. The Balaban J connectivity index is 1.34. The number of carbonyl (C=O) groups excluding carboxylic acids is 1. The van der Waals surface area contributed by atoms with Gasteiger partial charge in [-0.05, 0) is 43.2 Å². The highest BCUT2D eigenvalue weighted by molar-refractivity contribution is 7.90. The normalized spacial score (nSPS) is 14.6. The maximum absolute atomic E-state index is 12.8. The first kappa shape index (κ1) is 22.8. The number of hydrogen-bond donors (Lipinski definition) is 1. The molecular formula is C25H27N3O4S. The fraction of sp³-hybridized carbons (Fsp3) is 0.280. The van der Waals surface area contributed by atoms with Crippen LogP contribution in [0.1, 0.15) is 18.4 Å². The predicted molar refractivity (Wildman–Crippen MR) is 128 cm³/mol. The van der Waals surface area contributed by atoms with Gasteiger partial charge in [-0.15, -0.1) is 0 Å². The molecule has 0 aliphatic carbocycles. The van der Waals surface area contributed by atoms with Crippen molar-refractivity contribution in [1.82, 2.24) is 4.98 Å². The number of aromatic nitrogens is 1. The molecule has 1 aromatic heterocycles. The molecule has 2 heterocycles. The third kappa shape index (κ3) is 5.90. The lowest BCUT2D eigenvalue weighted by molar-refractivity contribution is -0.120. The van der Waals surface area contributed by atoms with Gasteiger partial charge in [-0.2, -0.15) is 0 Å². The first-order valence-corrected chi connectivity index (χ1v) is 12.8. The number of nitrogens with one attached hydrogen (secondary N) is 1. The summed E-state index contributed by atoms with van der Waals surface area (Å²) in [6, 6.07) is 17.9. The third-order valence-corrected chi connectivity index (χ3v) is 6.96. The second-order valence-electron chi connectivity index (χ2n) is 8.15. The van der Waals surface area contributed by atoms with Crippen molar-refractivity contribution in [3.05, 3.63) is 78.6 Å². The molecule has 1 N–H and O–H groups in total. The van der Waals surface area contributed by atoms with Gasteiger partial charge < -0.3 is 15.0 Å². The minimum Gasteiger partial charge on any atom is -0.489 e. The predicted octanol–water partition coefficient (Wildman–Crippen LogP) is 3.92. The van der Waals surface area contributed by atoms with Gasteiger partial charge in [0.05, 0.1) is 4.90 Å². The molecule has 1 saturated heterocycles. The fourth-order valence-corrected chi connectivity index (χ4v) is 4.94. The van der Waals surface area contributed by atoms with Crippen LogP contribution in [-0.2, 0) is 21.2 Å². The Bertz CT molecular complexity index is 1210. The smallest absolute Gasteiger partial charge is 0.227 e. The molecule has 7 nitrogen and oxygen atoms in total. The Hall–Kier alpha value is -3.39. The minimum absolute atomic E-state index is 0.00366. The van der Waals surface area contributed by atoms with Gasteiger partial charge in [0, 0.05) is 60.7 Å². The Morgan fingerprint density at radius 3 is 2.52 bits per heavy atom. The first-order chi connectivity index (χ1) is 15.9. The van der Waals surface area contributed by atoms with Crippen LogP contribution < -0.4 is 15.0 Å². The summed E-state index contributed by atoms with van der Waals surface area (Å²) in [5, 5.41) is 3.00. The van der Waals surface area contributed by atoms with Crippen molar-refractivity contribution in [2.75, 3.05) is 29.6 Å². The number of carbonyl (C=O) groups is 1. The van der Waals surface area contributed by atoms with E-state index in [0.29, 0.717) is 17.0 Å². The molecule has 1 amide bonds. The van der Waals surface area contributed by atoms with Crippen molar-refractivity contribution < 1.29 is 17.9 Å². The molecule has 2 aromatic carbocycles. The van der Waals surface area contributed by atoms with Crippen molar-refractivity contribution >= 4 is 27.1 Å². The van der Waals surface area contributed by atoms with E-state index in [-0.39, 0.29) is 23.3 Å². The van der Waals surface area contributed by atoms with Gasteiger partial charge in [0.2, 0.25) is 5.91 Å². The minimum atomic E-state index is -3.34. The lowest BCUT2D eigenvalue weighted by Crippen LogP contribution is -2.38. The monoisotopic (exact) mass is 465 g/mol. The highest BCUT2D eigenvalue weighted by atomic mass is 32.2. The number of anilines is 2. The van der Waals surface area contributed by atoms with Gasteiger partial charge in [0.1, 0.15) is 12.4 Å². The molecule has 8 heteroatoms. The molecule has 0 spiro atoms. The van der Waals surface area contributed by atoms with Crippen LogP contribution in [0.3, 0.4) is 0 Å². The molecule has 33 heavy (non-hydrogen) atoms. The van der Waals surface area contributed by atoms with Crippen LogP contribution in [0.4, 0.5) is 11.4 Å². The van der Waals surface area contributed by atoms with E-state index >= 15 is 0 Å². The summed E-state index contributed by atoms with van der Waals surface area (Å²) < 4.78 is 29.8. The van der Waals surface area contributed by atoms with E-state index in [9.17, 15) is 13.2 Å². The summed E-state index contributed by atoms with van der Waals surface area (Å²) >= 11 is 0. The number of nitrogens with zero attached hydrogens (tertiary/aromatic N) is 2. The summed E-state index contributed by atoms with van der Waals surface area (Å²) in [4.78, 5) is 19.4. The summed E-state index contributed by atoms with van der Waals surface area (Å²) in [7, 11) is -3.34. The standard InChI is InChI=1S/C25H27N3O4S/c1-33(30,31)24-8-3-2-5-20(24)18-32-23-7-4-6-21(17-23)27-25(29)19-11-15-28(16-12-19)22-9-13-26-14-10-22/h2-10,13-14,17,19H,11-12,15-16,18H2,1H3,(H,27,29). The molecular weight excluding hydrogens is 438 g/mol. The zero-order valence-corrected chi connectivity index (χ0v) is 19.3. The lowest BCUT2D eigenvalue weighted by atomic mass is 9.95. The van der Waals surface area contributed by atoms with Crippen LogP contribution in [0.2, 0.25) is 0 Å². The van der Waals surface area contributed by atoms with Crippen LogP contribution in [0, 0.1) is 5.92 Å². The maximum Gasteiger partial charge on any atom is 0.227 e. The average Bonchev–Trinajstić information content (AvgIpc) is 2.83. The second kappa shape index (κ2) is 10.0. The molecule has 3 aromatic rings. The van der Waals surface area contributed by atoms with E-state index in [1.54, 1.807) is 54.9 Å². The van der Waals surface area contributed by atoms with E-state index in [4.69, 9.17) is 4.74 Å². The Labute approximate surface area is 194 Å². The van der Waals surface area contributed by atoms with Gasteiger partial charge in [-0.25, -0.2) is 8.42 Å². The third-order valence-electron chi connectivity index (χ3n) is 5.76. The lowest BCUT2D eigenvalue weighted by Gasteiger charge is -2.32. The zero-order chi connectivity index (χ0) is 23.3. The number of piperidine rings is 1. The van der Waals surface area contributed by atoms with Gasteiger partial charge in [0.25, 0.3) is 0 Å². The van der Waals surface area contributed by atoms with E-state index in [1.165, 1.54) is 6.26 Å². The summed E-state index contributed by atoms with van der Waals surface area (Å²) in [6.45, 7) is 1.77. The molecule has 1 fully saturated rings. The van der Waals surface area contributed by atoms with E-state index in [2.05, 4.69) is 15.2 Å². The van der Waals surface area contributed by atoms with Gasteiger partial charge in [-0.1, -0.05) is 24.3 Å². The fourth-order valence-electron chi connectivity index (χ4n) is 4.01. The van der Waals surface area contributed by atoms with Crippen molar-refractivity contribution in [1.29, 1.82) is 0 Å². The number of sulfone groups is 1. The Morgan fingerprint density at radius 1 is 1.06 bits per heavy atom. The van der Waals surface area contributed by atoms with Gasteiger partial charge >= 0.3 is 0 Å². The molecule has 1 aliphatic rings. The maximum atomic E-state index is 12.8. The van der Waals surface area contributed by atoms with Crippen LogP contribution in [0.25, 0.3) is 0 Å². The van der Waals surface area contributed by atoms with Crippen molar-refractivity contribution in [3.8, 4) is 5.75 Å². The molecule has 0 atom stereocenters. The van der Waals surface area contributed by atoms with Gasteiger partial charge in [0.15, 0.2) is 9.84 Å². The van der Waals surface area contributed by atoms with E-state index in [1.807, 2.05) is 18.2 Å². The average molecular weight is 466 g/mol. The van der Waals surface area contributed by atoms with Crippen molar-refractivity contribution in [3.63, 3.8) is 0 Å². The molecule has 0 unspecified atom stereocenters. The largest absolute Gasteiger partial charge is 0.489 e. The molecule has 0 saturated carbocycles. The van der Waals surface area contributed by atoms with Crippen LogP contribution >= 0.6 is 0 Å². The Kier molecular flexibility index (Phi) is 6.93. The van der Waals surface area contributed by atoms with E-state index in [0.717, 1.165) is 31.6 Å². The van der Waals surface area contributed by atoms with Gasteiger partial charge in [-0.3, -0.25) is 9.78 Å². The molecule has 1 aliphatic heterocycles. The number of pyridine rings is 1. The van der Waals surface area contributed by atoms with Crippen LogP contribution in [0.5, 0.6) is 5.75 Å². The topological polar surface area (TPSA) is 88.6 Å². The number of ether oxygens (including phenoxy) is 1. The van der Waals surface area contributed by atoms with Crippen molar-refractivity contribution in [2.45, 2.75) is 24.3 Å². The van der Waals surface area contributed by atoms with Crippen LogP contribution in [0.15, 0.2) is 78.0 Å². The second-order valence-corrected chi connectivity index (χ2v) is 10.1. The highest BCUT2D eigenvalue weighted by Gasteiger charge is 2.25.